The number of carbonyl (C=O) groups excluding carboxylic acids is 1. The molecule has 0 aromatic heterocycles. The van der Waals surface area contributed by atoms with E-state index in [4.69, 9.17) is 15.4 Å². The summed E-state index contributed by atoms with van der Waals surface area (Å²) in [5, 5.41) is 20.6. The molecule has 9 heteroatoms. The maximum absolute atomic E-state index is 14.1. The number of carbonyl (C=O) groups is 1. The van der Waals surface area contributed by atoms with E-state index in [0.29, 0.717) is 29.2 Å². The van der Waals surface area contributed by atoms with Gasteiger partial charge in [0.25, 0.3) is 5.91 Å². The van der Waals surface area contributed by atoms with Crippen LogP contribution in [0.3, 0.4) is 0 Å². The lowest BCUT2D eigenvalue weighted by molar-refractivity contribution is 0.0560. The quantitative estimate of drug-likeness (QED) is 0.670. The second-order valence-corrected chi connectivity index (χ2v) is 9.33. The summed E-state index contributed by atoms with van der Waals surface area (Å²) < 4.78 is 20.4. The molecular weight excluding hydrogens is 435 g/mol. The van der Waals surface area contributed by atoms with Crippen LogP contribution >= 0.6 is 0 Å². The first-order valence-electron chi connectivity index (χ1n) is 11.6. The van der Waals surface area contributed by atoms with E-state index in [1.165, 1.54) is 18.2 Å². The van der Waals surface area contributed by atoms with Crippen molar-refractivity contribution in [1.29, 1.82) is 10.7 Å². The zero-order valence-corrected chi connectivity index (χ0v) is 19.1. The topological polar surface area (TPSA) is 105 Å². The molecule has 1 aromatic carbocycles. The summed E-state index contributed by atoms with van der Waals surface area (Å²) in [6.07, 6.45) is 6.96. The van der Waals surface area contributed by atoms with Crippen LogP contribution in [-0.4, -0.2) is 65.5 Å². The van der Waals surface area contributed by atoms with Gasteiger partial charge in [-0.3, -0.25) is 9.69 Å². The normalized spacial score (nSPS) is 28.5. The van der Waals surface area contributed by atoms with Gasteiger partial charge in [-0.15, -0.1) is 0 Å². The molecule has 3 fully saturated rings. The first kappa shape index (κ1) is 22.3. The summed E-state index contributed by atoms with van der Waals surface area (Å²) in [6, 6.07) is 6.82. The molecule has 2 bridgehead atoms. The average molecular weight is 463 g/mol. The number of allylic oxidation sites excluding steroid dienone is 1. The molecule has 2 unspecified atom stereocenters. The van der Waals surface area contributed by atoms with Crippen molar-refractivity contribution in [3.63, 3.8) is 0 Å². The van der Waals surface area contributed by atoms with Crippen molar-refractivity contribution in [3.05, 3.63) is 52.7 Å². The third-order valence-corrected chi connectivity index (χ3v) is 7.03. The van der Waals surface area contributed by atoms with Crippen LogP contribution in [0.4, 0.5) is 4.39 Å². The maximum Gasteiger partial charge on any atom is 0.258 e. The molecule has 4 heterocycles. The lowest BCUT2D eigenvalue weighted by Crippen LogP contribution is -2.46. The molecule has 4 aliphatic heterocycles. The fraction of sp³-hybridized carbons (Fsp3) is 0.440. The molecule has 8 nitrogen and oxygen atoms in total. The number of nitrogens with one attached hydrogen (secondary N) is 2. The Balaban J connectivity index is 1.33. The Hall–Kier alpha value is -3.51. The Morgan fingerprint density at radius 1 is 1.32 bits per heavy atom. The van der Waals surface area contributed by atoms with Crippen molar-refractivity contribution in [1.82, 2.24) is 15.1 Å². The smallest absolute Gasteiger partial charge is 0.258 e. The van der Waals surface area contributed by atoms with E-state index >= 15 is 0 Å². The van der Waals surface area contributed by atoms with Gasteiger partial charge in [0.2, 0.25) is 0 Å². The second-order valence-electron chi connectivity index (χ2n) is 9.33. The summed E-state index contributed by atoms with van der Waals surface area (Å²) in [7, 11) is 0. The fourth-order valence-corrected chi connectivity index (χ4v) is 5.36. The highest BCUT2D eigenvalue weighted by atomic mass is 19.1. The molecule has 0 saturated carbocycles. The van der Waals surface area contributed by atoms with Gasteiger partial charge in [0.1, 0.15) is 23.5 Å². The molecule has 176 valence electrons. The van der Waals surface area contributed by atoms with Gasteiger partial charge in [-0.05, 0) is 50.3 Å². The predicted octanol–water partition coefficient (Wildman–Crippen LogP) is 2.99. The standard InChI is InChI=1S/C25H27FN6O2/c1-15-11-29-24(30-12-15)21-13-31(14-22(21)28)25(33)20-5-2-16(26)8-23(20)34-19-9-17-3-4-18(10-19)32(17)7-6-27/h2,5,8,11-12,17-19,28-29H,3-4,7,9-10,13-14H2,1H3/b24-21+,28-22?. The first-order chi connectivity index (χ1) is 16.4. The zero-order valence-electron chi connectivity index (χ0n) is 19.1. The third-order valence-electron chi connectivity index (χ3n) is 7.03. The van der Waals surface area contributed by atoms with Crippen LogP contribution in [0.5, 0.6) is 5.75 Å². The number of hydrogen-bond donors (Lipinski definition) is 2. The summed E-state index contributed by atoms with van der Waals surface area (Å²) in [4.78, 5) is 21.6. The van der Waals surface area contributed by atoms with E-state index in [1.54, 1.807) is 11.1 Å². The highest BCUT2D eigenvalue weighted by Crippen LogP contribution is 2.38. The molecule has 0 radical (unpaired) electrons. The Labute approximate surface area is 197 Å². The third kappa shape index (κ3) is 4.21. The van der Waals surface area contributed by atoms with Gasteiger partial charge in [0.05, 0.1) is 37.0 Å². The lowest BCUT2D eigenvalue weighted by Gasteiger charge is -2.37. The van der Waals surface area contributed by atoms with E-state index in [0.717, 1.165) is 31.3 Å². The Bertz CT molecular complexity index is 1150. The molecule has 0 spiro atoms. The predicted molar refractivity (Wildman–Crippen MR) is 125 cm³/mol. The van der Waals surface area contributed by atoms with Crippen molar-refractivity contribution in [2.75, 3.05) is 19.6 Å². The monoisotopic (exact) mass is 462 g/mol. The van der Waals surface area contributed by atoms with Crippen molar-refractivity contribution in [2.24, 2.45) is 4.99 Å². The number of piperidine rings is 1. The Morgan fingerprint density at radius 3 is 2.76 bits per heavy atom. The number of likely N-dealkylation sites (tertiary alicyclic amines) is 1. The fourth-order valence-electron chi connectivity index (χ4n) is 5.36. The van der Waals surface area contributed by atoms with E-state index in [1.807, 2.05) is 13.1 Å². The number of nitriles is 1. The maximum atomic E-state index is 14.1. The van der Waals surface area contributed by atoms with Gasteiger partial charge in [-0.25, -0.2) is 9.38 Å². The van der Waals surface area contributed by atoms with Crippen LogP contribution in [0.25, 0.3) is 0 Å². The number of ether oxygens (including phenoxy) is 1. The van der Waals surface area contributed by atoms with E-state index in [-0.39, 0.29) is 42.9 Å². The summed E-state index contributed by atoms with van der Waals surface area (Å²) in [5.74, 6) is 0.0484. The van der Waals surface area contributed by atoms with Crippen LogP contribution in [0, 0.1) is 22.6 Å². The molecule has 2 N–H and O–H groups in total. The highest BCUT2D eigenvalue weighted by molar-refractivity contribution is 6.08. The number of halogens is 1. The number of fused-ring (bicyclic) bond motifs is 2. The number of rotatable bonds is 4. The van der Waals surface area contributed by atoms with Gasteiger partial charge >= 0.3 is 0 Å². The molecular formula is C25H27FN6O2. The van der Waals surface area contributed by atoms with Crippen LogP contribution < -0.4 is 10.1 Å². The van der Waals surface area contributed by atoms with Crippen LogP contribution in [-0.2, 0) is 0 Å². The number of hydrogen-bond acceptors (Lipinski definition) is 7. The lowest BCUT2D eigenvalue weighted by atomic mass is 9.99. The minimum absolute atomic E-state index is 0.133. The van der Waals surface area contributed by atoms with Crippen molar-refractivity contribution in [3.8, 4) is 11.8 Å². The number of amides is 1. The summed E-state index contributed by atoms with van der Waals surface area (Å²) in [5.41, 5.74) is 2.26. The molecule has 1 aromatic rings. The Morgan fingerprint density at radius 2 is 2.09 bits per heavy atom. The number of aliphatic imine (C=N–C) groups is 1. The van der Waals surface area contributed by atoms with E-state index in [9.17, 15) is 9.18 Å². The SMILES string of the molecule is CC1=CN/C(=C2/CN(C(=O)c3ccc(F)cc3OC3CC4CCC(C3)N4CC#N)CC2=N)N=C1. The molecule has 1 amide bonds. The average Bonchev–Trinajstić information content (AvgIpc) is 3.30. The van der Waals surface area contributed by atoms with Crippen LogP contribution in [0.1, 0.15) is 43.0 Å². The van der Waals surface area contributed by atoms with Crippen LogP contribution in [0.2, 0.25) is 0 Å². The minimum Gasteiger partial charge on any atom is -0.489 e. The van der Waals surface area contributed by atoms with E-state index in [2.05, 4.69) is 21.3 Å². The molecule has 5 rings (SSSR count). The van der Waals surface area contributed by atoms with Gasteiger partial charge in [0.15, 0.2) is 0 Å². The van der Waals surface area contributed by atoms with Crippen LogP contribution in [0.15, 0.2) is 46.4 Å². The van der Waals surface area contributed by atoms with Crippen molar-refractivity contribution < 1.29 is 13.9 Å². The number of nitrogens with zero attached hydrogens (tertiary/aromatic N) is 4. The minimum atomic E-state index is -0.462. The van der Waals surface area contributed by atoms with Crippen molar-refractivity contribution in [2.45, 2.75) is 50.8 Å². The van der Waals surface area contributed by atoms with Gasteiger partial charge in [-0.2, -0.15) is 5.26 Å². The second kappa shape index (κ2) is 9.03. The van der Waals surface area contributed by atoms with Crippen molar-refractivity contribution >= 4 is 17.8 Å². The first-order valence-corrected chi connectivity index (χ1v) is 11.6. The number of benzene rings is 1. The zero-order chi connectivity index (χ0) is 23.8. The molecule has 3 saturated heterocycles. The van der Waals surface area contributed by atoms with Gasteiger partial charge < -0.3 is 20.4 Å². The Kier molecular flexibility index (Phi) is 5.92. The highest BCUT2D eigenvalue weighted by Gasteiger charge is 2.41. The summed E-state index contributed by atoms with van der Waals surface area (Å²) in [6.45, 7) is 2.74. The van der Waals surface area contributed by atoms with Gasteiger partial charge in [-0.1, -0.05) is 0 Å². The summed E-state index contributed by atoms with van der Waals surface area (Å²) >= 11 is 0. The van der Waals surface area contributed by atoms with E-state index < -0.39 is 5.82 Å². The molecule has 4 aliphatic rings. The molecule has 2 atom stereocenters. The largest absolute Gasteiger partial charge is 0.489 e. The van der Waals surface area contributed by atoms with Gasteiger partial charge in [0, 0.05) is 36.1 Å². The molecule has 0 aliphatic carbocycles. The molecule has 34 heavy (non-hydrogen) atoms.